The van der Waals surface area contributed by atoms with Gasteiger partial charge in [-0.15, -0.1) is 0 Å². The van der Waals surface area contributed by atoms with Crippen LogP contribution in [0.25, 0.3) is 0 Å². The van der Waals surface area contributed by atoms with Crippen LogP contribution >= 0.6 is 0 Å². The van der Waals surface area contributed by atoms with Crippen molar-refractivity contribution >= 4 is 5.91 Å². The molecule has 1 aromatic heterocycles. The van der Waals surface area contributed by atoms with E-state index in [0.717, 1.165) is 12.0 Å². The second-order valence-electron chi connectivity index (χ2n) is 5.60. The van der Waals surface area contributed by atoms with Crippen LogP contribution in [0, 0.1) is 0 Å². The van der Waals surface area contributed by atoms with Gasteiger partial charge in [-0.1, -0.05) is 30.3 Å². The average Bonchev–Trinajstić information content (AvgIpc) is 3.11. The Morgan fingerprint density at radius 1 is 1.25 bits per heavy atom. The monoisotopic (exact) mass is 331 g/mol. The predicted octanol–water partition coefficient (Wildman–Crippen LogP) is 2.39. The number of benzene rings is 1. The van der Waals surface area contributed by atoms with Gasteiger partial charge in [-0.05, 0) is 18.1 Å². The summed E-state index contributed by atoms with van der Waals surface area (Å²) >= 11 is 0. The normalized spacial score (nSPS) is 20.5. The molecule has 1 amide bonds. The number of furan rings is 1. The number of hydrogen-bond donors (Lipinski definition) is 1. The number of carbonyl (C=O) groups excluding carboxylic acids is 1. The van der Waals surface area contributed by atoms with Crippen molar-refractivity contribution in [3.05, 3.63) is 53.8 Å². The highest BCUT2D eigenvalue weighted by Gasteiger charge is 2.29. The minimum Gasteiger partial charge on any atom is -0.468 e. The van der Waals surface area contributed by atoms with E-state index in [2.05, 4.69) is 5.32 Å². The lowest BCUT2D eigenvalue weighted by Crippen LogP contribution is -2.50. The molecule has 0 saturated carbocycles. The van der Waals surface area contributed by atoms with E-state index < -0.39 is 0 Å². The number of ether oxygens (including phenoxy) is 3. The maximum atomic E-state index is 12.3. The van der Waals surface area contributed by atoms with E-state index in [-0.39, 0.29) is 23.8 Å². The van der Waals surface area contributed by atoms with Gasteiger partial charge in [0.05, 0.1) is 32.5 Å². The van der Waals surface area contributed by atoms with Crippen LogP contribution in [-0.4, -0.2) is 38.4 Å². The van der Waals surface area contributed by atoms with E-state index in [1.54, 1.807) is 12.1 Å². The molecule has 0 aliphatic carbocycles. The molecule has 0 spiro atoms. The summed E-state index contributed by atoms with van der Waals surface area (Å²) in [7, 11) is 1.49. The number of nitrogens with one attached hydrogen (secondary N) is 1. The maximum Gasteiger partial charge on any atom is 0.287 e. The third-order valence-corrected chi connectivity index (χ3v) is 3.92. The van der Waals surface area contributed by atoms with Gasteiger partial charge < -0.3 is 23.9 Å². The van der Waals surface area contributed by atoms with Gasteiger partial charge in [0.15, 0.2) is 5.76 Å². The molecule has 0 unspecified atom stereocenters. The highest BCUT2D eigenvalue weighted by Crippen LogP contribution is 2.18. The van der Waals surface area contributed by atoms with Crippen LogP contribution < -0.4 is 10.1 Å². The first kappa shape index (κ1) is 16.5. The Labute approximate surface area is 140 Å². The summed E-state index contributed by atoms with van der Waals surface area (Å²) in [5, 5.41) is 2.92. The van der Waals surface area contributed by atoms with Crippen LogP contribution in [0.1, 0.15) is 22.5 Å². The van der Waals surface area contributed by atoms with Gasteiger partial charge in [-0.25, -0.2) is 0 Å². The van der Waals surface area contributed by atoms with E-state index in [0.29, 0.717) is 25.8 Å². The van der Waals surface area contributed by atoms with Crippen LogP contribution in [0.2, 0.25) is 0 Å². The van der Waals surface area contributed by atoms with Gasteiger partial charge in [-0.2, -0.15) is 0 Å². The topological polar surface area (TPSA) is 69.9 Å². The number of carbonyl (C=O) groups is 1. The van der Waals surface area contributed by atoms with Crippen molar-refractivity contribution in [1.29, 1.82) is 0 Å². The minimum atomic E-state index is -0.304. The molecule has 6 heteroatoms. The molecule has 1 aromatic carbocycles. The molecule has 3 rings (SSSR count). The van der Waals surface area contributed by atoms with Crippen molar-refractivity contribution in [1.82, 2.24) is 5.32 Å². The van der Waals surface area contributed by atoms with Gasteiger partial charge in [0, 0.05) is 12.7 Å². The standard InChI is InChI=1S/C18H21NO5/c1-21-17-8-7-16(24-17)18(20)19-14-12-22-10-9-15(14)23-11-13-5-3-2-4-6-13/h2-8,14-15H,9-12H2,1H3,(H,19,20)/t14-,15+/m1/s1. The summed E-state index contributed by atoms with van der Waals surface area (Å²) < 4.78 is 21.7. The maximum absolute atomic E-state index is 12.3. The lowest BCUT2D eigenvalue weighted by atomic mass is 10.1. The number of hydrogen-bond acceptors (Lipinski definition) is 5. The van der Waals surface area contributed by atoms with Crippen molar-refractivity contribution in [3.63, 3.8) is 0 Å². The zero-order valence-electron chi connectivity index (χ0n) is 13.6. The Morgan fingerprint density at radius 2 is 2.08 bits per heavy atom. The number of rotatable bonds is 6. The molecule has 2 atom stereocenters. The molecule has 2 aromatic rings. The smallest absolute Gasteiger partial charge is 0.287 e. The van der Waals surface area contributed by atoms with Crippen molar-refractivity contribution in [3.8, 4) is 5.95 Å². The van der Waals surface area contributed by atoms with Crippen LogP contribution in [0.15, 0.2) is 46.9 Å². The number of methoxy groups -OCH3 is 1. The summed E-state index contributed by atoms with van der Waals surface area (Å²) in [5.41, 5.74) is 1.10. The fraction of sp³-hybridized carbons (Fsp3) is 0.389. The molecule has 1 N–H and O–H groups in total. The first-order valence-corrected chi connectivity index (χ1v) is 7.94. The Bertz CT molecular complexity index is 654. The van der Waals surface area contributed by atoms with Crippen LogP contribution in [0.3, 0.4) is 0 Å². The predicted molar refractivity (Wildman–Crippen MR) is 87.0 cm³/mol. The molecule has 1 saturated heterocycles. The summed E-state index contributed by atoms with van der Waals surface area (Å²) in [5.74, 6) is 0.207. The molecule has 6 nitrogen and oxygen atoms in total. The molecular weight excluding hydrogens is 310 g/mol. The summed E-state index contributed by atoms with van der Waals surface area (Å²) in [4.78, 5) is 12.3. The van der Waals surface area contributed by atoms with Gasteiger partial charge >= 0.3 is 0 Å². The van der Waals surface area contributed by atoms with Crippen molar-refractivity contribution in [2.24, 2.45) is 0 Å². The SMILES string of the molecule is COc1ccc(C(=O)N[C@@H]2COCC[C@@H]2OCc2ccccc2)o1. The summed E-state index contributed by atoms with van der Waals surface area (Å²) in [6, 6.07) is 12.9. The van der Waals surface area contributed by atoms with Crippen LogP contribution in [-0.2, 0) is 16.1 Å². The average molecular weight is 331 g/mol. The Morgan fingerprint density at radius 3 is 2.83 bits per heavy atom. The quantitative estimate of drug-likeness (QED) is 0.880. The largest absolute Gasteiger partial charge is 0.468 e. The van der Waals surface area contributed by atoms with Crippen molar-refractivity contribution < 1.29 is 23.4 Å². The molecule has 128 valence electrons. The summed E-state index contributed by atoms with van der Waals surface area (Å²) in [6.45, 7) is 1.55. The lowest BCUT2D eigenvalue weighted by molar-refractivity contribution is -0.0606. The van der Waals surface area contributed by atoms with E-state index in [1.807, 2.05) is 30.3 Å². The molecule has 0 bridgehead atoms. The lowest BCUT2D eigenvalue weighted by Gasteiger charge is -2.31. The molecule has 24 heavy (non-hydrogen) atoms. The van der Waals surface area contributed by atoms with Crippen LogP contribution in [0.5, 0.6) is 5.95 Å². The zero-order chi connectivity index (χ0) is 16.8. The highest BCUT2D eigenvalue weighted by molar-refractivity contribution is 5.91. The Kier molecular flexibility index (Phi) is 5.51. The van der Waals surface area contributed by atoms with E-state index >= 15 is 0 Å². The van der Waals surface area contributed by atoms with E-state index in [9.17, 15) is 4.79 Å². The van der Waals surface area contributed by atoms with Gasteiger partial charge in [0.1, 0.15) is 0 Å². The molecule has 1 aliphatic heterocycles. The molecule has 1 aliphatic rings. The second kappa shape index (κ2) is 7.99. The zero-order valence-corrected chi connectivity index (χ0v) is 13.6. The first-order valence-electron chi connectivity index (χ1n) is 7.94. The molecule has 0 radical (unpaired) electrons. The first-order chi connectivity index (χ1) is 11.8. The third-order valence-electron chi connectivity index (χ3n) is 3.92. The summed E-state index contributed by atoms with van der Waals surface area (Å²) in [6.07, 6.45) is 0.638. The van der Waals surface area contributed by atoms with Gasteiger partial charge in [0.25, 0.3) is 11.9 Å². The van der Waals surface area contributed by atoms with Crippen LogP contribution in [0.4, 0.5) is 0 Å². The second-order valence-corrected chi connectivity index (χ2v) is 5.60. The molecule has 1 fully saturated rings. The molecule has 2 heterocycles. The van der Waals surface area contributed by atoms with Gasteiger partial charge in [0.2, 0.25) is 0 Å². The Hall–Kier alpha value is -2.31. The fourth-order valence-corrected chi connectivity index (χ4v) is 2.62. The minimum absolute atomic E-state index is 0.0974. The van der Waals surface area contributed by atoms with Crippen molar-refractivity contribution in [2.75, 3.05) is 20.3 Å². The van der Waals surface area contributed by atoms with Gasteiger partial charge in [-0.3, -0.25) is 4.79 Å². The molecular formula is C18H21NO5. The number of amides is 1. The van der Waals surface area contributed by atoms with Crippen molar-refractivity contribution in [2.45, 2.75) is 25.2 Å². The highest BCUT2D eigenvalue weighted by atomic mass is 16.6. The third kappa shape index (κ3) is 4.15. The van der Waals surface area contributed by atoms with E-state index in [1.165, 1.54) is 7.11 Å². The Balaban J connectivity index is 1.58. The van der Waals surface area contributed by atoms with E-state index in [4.69, 9.17) is 18.6 Å². The fourth-order valence-electron chi connectivity index (χ4n) is 2.62.